The van der Waals surface area contributed by atoms with Gasteiger partial charge in [-0.05, 0) is 6.08 Å². The van der Waals surface area contributed by atoms with Crippen molar-refractivity contribution in [3.05, 3.63) is 37.0 Å². The molecule has 0 fully saturated rings. The molecule has 0 aliphatic rings. The van der Waals surface area contributed by atoms with Crippen LogP contribution in [0.25, 0.3) is 0 Å². The molecule has 3 heteroatoms. The molecule has 0 aliphatic carbocycles. The van der Waals surface area contributed by atoms with E-state index in [-0.39, 0.29) is 5.57 Å². The third-order valence-electron chi connectivity index (χ3n) is 0.823. The Kier molecular flexibility index (Phi) is 3.87. The summed E-state index contributed by atoms with van der Waals surface area (Å²) in [5.41, 5.74) is 0.0394. The van der Waals surface area contributed by atoms with Gasteiger partial charge in [0.1, 0.15) is 0 Å². The number of carbonyl (C=O) groups is 1. The topological polar surface area (TPSA) is 26.3 Å². The Morgan fingerprint density at radius 3 is 2.40 bits per heavy atom. The van der Waals surface area contributed by atoms with E-state index in [1.165, 1.54) is 18.2 Å². The maximum absolute atomic E-state index is 11.2. The minimum absolute atomic E-state index is 0.0394. The molecule has 0 unspecified atom stereocenters. The summed E-state index contributed by atoms with van der Waals surface area (Å²) in [7, 11) is 0. The first-order valence-electron chi connectivity index (χ1n) is 2.54. The minimum Gasteiger partial charge on any atom is -0.249 e. The van der Waals surface area contributed by atoms with Crippen LogP contribution in [-0.2, 0) is 9.74 Å². The Morgan fingerprint density at radius 2 is 2.10 bits per heavy atom. The van der Waals surface area contributed by atoms with Crippen molar-refractivity contribution in [3.8, 4) is 0 Å². The van der Waals surface area contributed by atoms with Crippen molar-refractivity contribution < 1.29 is 14.3 Å². The molecule has 0 saturated heterocycles. The Bertz CT molecular complexity index is 182. The molecule has 0 saturated carbocycles. The molecule has 0 radical (unpaired) electrons. The van der Waals surface area contributed by atoms with Gasteiger partial charge in [-0.1, -0.05) is 25.3 Å². The minimum atomic E-state index is -1.06. The summed E-state index contributed by atoms with van der Waals surface area (Å²) >= 11 is 0. The molecule has 0 spiro atoms. The zero-order chi connectivity index (χ0) is 7.98. The molecular formula is C7H7FO2. The first-order valence-corrected chi connectivity index (χ1v) is 2.54. The number of rotatable bonds is 3. The van der Waals surface area contributed by atoms with Gasteiger partial charge in [0.05, 0.1) is 5.57 Å². The summed E-state index contributed by atoms with van der Waals surface area (Å²) in [6.45, 7) is 6.58. The molecule has 0 N–H and O–H groups in total. The van der Waals surface area contributed by atoms with Crippen molar-refractivity contribution in [1.82, 2.24) is 0 Å². The maximum Gasteiger partial charge on any atom is 0.379 e. The van der Waals surface area contributed by atoms with Crippen LogP contribution in [-0.4, -0.2) is 5.97 Å². The van der Waals surface area contributed by atoms with Crippen LogP contribution in [0.15, 0.2) is 37.0 Å². The largest absolute Gasteiger partial charge is 0.379 e. The molecule has 0 atom stereocenters. The fourth-order valence-electron chi connectivity index (χ4n) is 0.391. The number of hydrogen-bond acceptors (Lipinski definition) is 2. The SMILES string of the molecule is C=C/C=C(\C=C)C(=O)OF. The van der Waals surface area contributed by atoms with Gasteiger partial charge in [-0.15, -0.1) is 0 Å². The van der Waals surface area contributed by atoms with E-state index in [1.807, 2.05) is 0 Å². The second kappa shape index (κ2) is 4.49. The first kappa shape index (κ1) is 8.62. The van der Waals surface area contributed by atoms with Crippen LogP contribution in [0.1, 0.15) is 0 Å². The lowest BCUT2D eigenvalue weighted by Crippen LogP contribution is -1.98. The predicted octanol–water partition coefficient (Wildman–Crippen LogP) is 1.71. The highest BCUT2D eigenvalue weighted by Gasteiger charge is 2.05. The van der Waals surface area contributed by atoms with Crippen molar-refractivity contribution in [2.75, 3.05) is 0 Å². The molecule has 0 heterocycles. The summed E-state index contributed by atoms with van der Waals surface area (Å²) in [6.07, 6.45) is 3.83. The fourth-order valence-corrected chi connectivity index (χ4v) is 0.391. The first-order chi connectivity index (χ1) is 4.76. The molecule has 0 aromatic heterocycles. The second-order valence-corrected chi connectivity index (χ2v) is 1.43. The highest BCUT2D eigenvalue weighted by atomic mass is 19.3. The van der Waals surface area contributed by atoms with Crippen LogP contribution < -0.4 is 0 Å². The van der Waals surface area contributed by atoms with Gasteiger partial charge < -0.3 is 0 Å². The fraction of sp³-hybridized carbons (Fsp3) is 0. The highest BCUT2D eigenvalue weighted by molar-refractivity contribution is 5.91. The average molecular weight is 142 g/mol. The van der Waals surface area contributed by atoms with Gasteiger partial charge in [-0.2, -0.15) is 0 Å². The lowest BCUT2D eigenvalue weighted by molar-refractivity contribution is -0.177. The van der Waals surface area contributed by atoms with E-state index in [2.05, 4.69) is 18.1 Å². The third kappa shape index (κ3) is 2.26. The Morgan fingerprint density at radius 1 is 1.50 bits per heavy atom. The normalized spacial score (nSPS) is 10.3. The van der Waals surface area contributed by atoms with Crippen LogP contribution >= 0.6 is 0 Å². The number of halogens is 1. The number of allylic oxidation sites excluding steroid dienone is 2. The van der Waals surface area contributed by atoms with E-state index in [9.17, 15) is 9.32 Å². The zero-order valence-electron chi connectivity index (χ0n) is 5.34. The van der Waals surface area contributed by atoms with Gasteiger partial charge in [0.25, 0.3) is 0 Å². The van der Waals surface area contributed by atoms with E-state index in [0.29, 0.717) is 0 Å². The summed E-state index contributed by atoms with van der Waals surface area (Å²) in [6, 6.07) is 0. The Hall–Kier alpha value is -1.38. The van der Waals surface area contributed by atoms with Crippen LogP contribution in [0.2, 0.25) is 0 Å². The van der Waals surface area contributed by atoms with Gasteiger partial charge in [0.2, 0.25) is 0 Å². The lowest BCUT2D eigenvalue weighted by Gasteiger charge is -1.90. The third-order valence-corrected chi connectivity index (χ3v) is 0.823. The average Bonchev–Trinajstić information content (AvgIpc) is 1.99. The van der Waals surface area contributed by atoms with Crippen LogP contribution in [0.5, 0.6) is 0 Å². The van der Waals surface area contributed by atoms with E-state index in [1.54, 1.807) is 0 Å². The predicted molar refractivity (Wildman–Crippen MR) is 35.7 cm³/mol. The molecule has 0 bridgehead atoms. The van der Waals surface area contributed by atoms with Gasteiger partial charge in [-0.3, -0.25) is 0 Å². The van der Waals surface area contributed by atoms with Gasteiger partial charge in [0, 0.05) is 4.53 Å². The smallest absolute Gasteiger partial charge is 0.249 e. The van der Waals surface area contributed by atoms with E-state index >= 15 is 0 Å². The summed E-state index contributed by atoms with van der Waals surface area (Å²) in [4.78, 5) is 13.3. The monoisotopic (exact) mass is 142 g/mol. The van der Waals surface area contributed by atoms with Gasteiger partial charge in [-0.25, -0.2) is 9.74 Å². The number of hydrogen-bond donors (Lipinski definition) is 0. The van der Waals surface area contributed by atoms with Crippen LogP contribution in [0.3, 0.4) is 0 Å². The molecule has 2 nitrogen and oxygen atoms in total. The molecule has 0 aliphatic heterocycles. The van der Waals surface area contributed by atoms with Gasteiger partial charge in [0.15, 0.2) is 0 Å². The van der Waals surface area contributed by atoms with Crippen molar-refractivity contribution in [1.29, 1.82) is 0 Å². The second-order valence-electron chi connectivity index (χ2n) is 1.43. The van der Waals surface area contributed by atoms with E-state index in [0.717, 1.165) is 0 Å². The molecule has 0 amide bonds. The van der Waals surface area contributed by atoms with Crippen molar-refractivity contribution in [2.45, 2.75) is 0 Å². The lowest BCUT2D eigenvalue weighted by atomic mass is 10.2. The highest BCUT2D eigenvalue weighted by Crippen LogP contribution is 1.99. The number of carbonyl (C=O) groups excluding carboxylic acids is 1. The van der Waals surface area contributed by atoms with Crippen LogP contribution in [0.4, 0.5) is 4.53 Å². The quantitative estimate of drug-likeness (QED) is 0.443. The molecule has 10 heavy (non-hydrogen) atoms. The standard InChI is InChI=1S/C7H7FO2/c1-3-5-6(4-2)7(9)10-8/h3-5H,1-2H2/b6-5+. The zero-order valence-corrected chi connectivity index (χ0v) is 5.34. The summed E-state index contributed by atoms with van der Waals surface area (Å²) < 4.78 is 11.2. The molecule has 54 valence electrons. The van der Waals surface area contributed by atoms with Crippen LogP contribution in [0, 0.1) is 0 Å². The summed E-state index contributed by atoms with van der Waals surface area (Å²) in [5.74, 6) is -1.06. The molecule has 0 aromatic carbocycles. The molecular weight excluding hydrogens is 135 g/mol. The van der Waals surface area contributed by atoms with E-state index in [4.69, 9.17) is 0 Å². The Balaban J connectivity index is 4.34. The van der Waals surface area contributed by atoms with Gasteiger partial charge >= 0.3 is 5.97 Å². The van der Waals surface area contributed by atoms with E-state index < -0.39 is 5.97 Å². The Labute approximate surface area is 58.2 Å². The van der Waals surface area contributed by atoms with Crippen molar-refractivity contribution in [2.24, 2.45) is 0 Å². The molecule has 0 aromatic rings. The summed E-state index contributed by atoms with van der Waals surface area (Å²) in [5, 5.41) is 0. The maximum atomic E-state index is 11.2. The van der Waals surface area contributed by atoms with Crippen molar-refractivity contribution >= 4 is 5.97 Å². The molecule has 0 rings (SSSR count). The van der Waals surface area contributed by atoms with Crippen molar-refractivity contribution in [3.63, 3.8) is 0 Å².